The van der Waals surface area contributed by atoms with E-state index in [0.29, 0.717) is 23.0 Å². The SMILES string of the molecule is COc1ccc(C2=NN=C(C)C(c3ccc(OC)c(OC)c3)c3cc(OC)c(OC)cc32)cc1. The van der Waals surface area contributed by atoms with Crippen LogP contribution >= 0.6 is 0 Å². The smallest absolute Gasteiger partial charge is 0.161 e. The lowest BCUT2D eigenvalue weighted by atomic mass is 9.82. The standard InChI is InChI=1S/C27H28N2O5/c1-16-26(18-9-12-22(31-3)23(13-18)32-4)20-14-24(33-5)25(34-6)15-21(20)27(29-28-16)17-7-10-19(30-2)11-8-17/h7-15,26H,1-6H3. The van der Waals surface area contributed by atoms with Crippen molar-refractivity contribution >= 4 is 11.4 Å². The molecular formula is C27H28N2O5. The van der Waals surface area contributed by atoms with Crippen LogP contribution in [0.15, 0.2) is 64.8 Å². The Morgan fingerprint density at radius 1 is 0.618 bits per heavy atom. The van der Waals surface area contributed by atoms with E-state index < -0.39 is 0 Å². The third-order valence-electron chi connectivity index (χ3n) is 5.95. The number of hydrogen-bond acceptors (Lipinski definition) is 7. The minimum atomic E-state index is -0.186. The van der Waals surface area contributed by atoms with E-state index in [4.69, 9.17) is 23.7 Å². The fraction of sp³-hybridized carbons (Fsp3) is 0.259. The van der Waals surface area contributed by atoms with Crippen LogP contribution in [-0.2, 0) is 0 Å². The van der Waals surface area contributed by atoms with Gasteiger partial charge in [0.25, 0.3) is 0 Å². The van der Waals surface area contributed by atoms with Gasteiger partial charge in [0, 0.05) is 22.8 Å². The molecule has 1 aliphatic rings. The highest BCUT2D eigenvalue weighted by molar-refractivity contribution is 6.16. The Morgan fingerprint density at radius 3 is 1.85 bits per heavy atom. The Morgan fingerprint density at radius 2 is 1.24 bits per heavy atom. The molecule has 1 atom stereocenters. The molecule has 0 radical (unpaired) electrons. The van der Waals surface area contributed by atoms with Crippen molar-refractivity contribution < 1.29 is 23.7 Å². The van der Waals surface area contributed by atoms with Gasteiger partial charge in [-0.05, 0) is 66.6 Å². The average molecular weight is 461 g/mol. The molecule has 0 bridgehead atoms. The van der Waals surface area contributed by atoms with E-state index >= 15 is 0 Å². The Labute approximate surface area is 199 Å². The number of hydrogen-bond donors (Lipinski definition) is 0. The maximum atomic E-state index is 5.65. The van der Waals surface area contributed by atoms with Gasteiger partial charge in [-0.2, -0.15) is 5.10 Å². The predicted molar refractivity (Wildman–Crippen MR) is 133 cm³/mol. The summed E-state index contributed by atoms with van der Waals surface area (Å²) in [5.41, 5.74) is 5.39. The van der Waals surface area contributed by atoms with Gasteiger partial charge < -0.3 is 23.7 Å². The first-order chi connectivity index (χ1) is 16.5. The van der Waals surface area contributed by atoms with Crippen molar-refractivity contribution in [3.63, 3.8) is 0 Å². The lowest BCUT2D eigenvalue weighted by Crippen LogP contribution is -2.15. The van der Waals surface area contributed by atoms with Gasteiger partial charge in [0.05, 0.1) is 35.5 Å². The first kappa shape index (κ1) is 23.2. The summed E-state index contributed by atoms with van der Waals surface area (Å²) in [6.45, 7) is 1.97. The molecule has 0 fully saturated rings. The van der Waals surface area contributed by atoms with Gasteiger partial charge in [-0.1, -0.05) is 6.07 Å². The van der Waals surface area contributed by atoms with Gasteiger partial charge >= 0.3 is 0 Å². The van der Waals surface area contributed by atoms with Crippen molar-refractivity contribution in [3.8, 4) is 28.7 Å². The molecule has 3 aromatic rings. The van der Waals surface area contributed by atoms with E-state index in [-0.39, 0.29) is 5.92 Å². The molecule has 0 N–H and O–H groups in total. The highest BCUT2D eigenvalue weighted by Crippen LogP contribution is 2.41. The van der Waals surface area contributed by atoms with E-state index in [1.807, 2.05) is 61.5 Å². The lowest BCUT2D eigenvalue weighted by molar-refractivity contribution is 0.354. The molecule has 34 heavy (non-hydrogen) atoms. The van der Waals surface area contributed by atoms with Crippen LogP contribution in [0, 0.1) is 0 Å². The van der Waals surface area contributed by atoms with Crippen molar-refractivity contribution in [2.45, 2.75) is 12.8 Å². The van der Waals surface area contributed by atoms with Crippen molar-refractivity contribution in [1.82, 2.24) is 0 Å². The summed E-state index contributed by atoms with van der Waals surface area (Å²) in [5.74, 6) is 3.15. The summed E-state index contributed by atoms with van der Waals surface area (Å²) < 4.78 is 27.6. The monoisotopic (exact) mass is 460 g/mol. The number of rotatable bonds is 7. The van der Waals surface area contributed by atoms with E-state index in [1.54, 1.807) is 35.5 Å². The number of methoxy groups -OCH3 is 5. The Hall–Kier alpha value is -4.00. The zero-order valence-electron chi connectivity index (χ0n) is 20.2. The highest BCUT2D eigenvalue weighted by Gasteiger charge is 2.29. The topological polar surface area (TPSA) is 70.9 Å². The van der Waals surface area contributed by atoms with Crippen LogP contribution in [0.4, 0.5) is 0 Å². The van der Waals surface area contributed by atoms with Crippen LogP contribution in [0.5, 0.6) is 28.7 Å². The summed E-state index contributed by atoms with van der Waals surface area (Å²) in [7, 11) is 8.15. The van der Waals surface area contributed by atoms with E-state index in [0.717, 1.165) is 39.4 Å². The van der Waals surface area contributed by atoms with Crippen LogP contribution in [-0.4, -0.2) is 47.0 Å². The second-order valence-electron chi connectivity index (χ2n) is 7.76. The van der Waals surface area contributed by atoms with Crippen molar-refractivity contribution in [3.05, 3.63) is 76.9 Å². The van der Waals surface area contributed by atoms with Gasteiger partial charge in [0.2, 0.25) is 0 Å². The van der Waals surface area contributed by atoms with Crippen molar-refractivity contribution in [1.29, 1.82) is 0 Å². The summed E-state index contributed by atoms with van der Waals surface area (Å²) >= 11 is 0. The summed E-state index contributed by atoms with van der Waals surface area (Å²) in [4.78, 5) is 0. The molecular weight excluding hydrogens is 432 g/mol. The minimum absolute atomic E-state index is 0.186. The number of benzene rings is 3. The molecule has 0 saturated carbocycles. The molecule has 7 heteroatoms. The van der Waals surface area contributed by atoms with Crippen LogP contribution < -0.4 is 23.7 Å². The first-order valence-electron chi connectivity index (χ1n) is 10.8. The van der Waals surface area contributed by atoms with Gasteiger partial charge in [0.1, 0.15) is 11.5 Å². The first-order valence-corrected chi connectivity index (χ1v) is 10.8. The van der Waals surface area contributed by atoms with Crippen LogP contribution in [0.3, 0.4) is 0 Å². The predicted octanol–water partition coefficient (Wildman–Crippen LogP) is 5.09. The molecule has 1 heterocycles. The molecule has 4 rings (SSSR count). The van der Waals surface area contributed by atoms with E-state index in [2.05, 4.69) is 10.2 Å². The fourth-order valence-corrected chi connectivity index (χ4v) is 4.22. The molecule has 7 nitrogen and oxygen atoms in total. The third kappa shape index (κ3) is 4.17. The van der Waals surface area contributed by atoms with Crippen molar-refractivity contribution in [2.24, 2.45) is 10.2 Å². The van der Waals surface area contributed by atoms with E-state index in [9.17, 15) is 0 Å². The molecule has 1 unspecified atom stereocenters. The zero-order valence-corrected chi connectivity index (χ0v) is 20.2. The van der Waals surface area contributed by atoms with Crippen molar-refractivity contribution in [2.75, 3.05) is 35.5 Å². The van der Waals surface area contributed by atoms with Gasteiger partial charge in [0.15, 0.2) is 23.0 Å². The minimum Gasteiger partial charge on any atom is -0.497 e. The van der Waals surface area contributed by atoms with Crippen LogP contribution in [0.25, 0.3) is 0 Å². The maximum Gasteiger partial charge on any atom is 0.161 e. The quantitative estimate of drug-likeness (QED) is 0.491. The van der Waals surface area contributed by atoms with Gasteiger partial charge in [-0.3, -0.25) is 0 Å². The third-order valence-corrected chi connectivity index (χ3v) is 5.95. The number of ether oxygens (including phenoxy) is 5. The van der Waals surface area contributed by atoms with Gasteiger partial charge in [-0.25, -0.2) is 0 Å². The second-order valence-corrected chi connectivity index (χ2v) is 7.76. The molecule has 176 valence electrons. The summed E-state index contributed by atoms with van der Waals surface area (Å²) in [6, 6.07) is 17.6. The second kappa shape index (κ2) is 9.87. The molecule has 0 aliphatic carbocycles. The fourth-order valence-electron chi connectivity index (χ4n) is 4.22. The average Bonchev–Trinajstić information content (AvgIpc) is 3.02. The number of nitrogens with zero attached hydrogens (tertiary/aromatic N) is 2. The molecule has 1 aliphatic heterocycles. The highest BCUT2D eigenvalue weighted by atomic mass is 16.5. The Bertz CT molecular complexity index is 1250. The molecule has 0 amide bonds. The Kier molecular flexibility index (Phi) is 6.72. The maximum absolute atomic E-state index is 5.65. The normalized spacial score (nSPS) is 14.8. The summed E-state index contributed by atoms with van der Waals surface area (Å²) in [6.07, 6.45) is 0. The molecule has 0 spiro atoms. The largest absolute Gasteiger partial charge is 0.497 e. The van der Waals surface area contributed by atoms with Gasteiger partial charge in [-0.15, -0.1) is 5.10 Å². The molecule has 3 aromatic carbocycles. The number of fused-ring (bicyclic) bond motifs is 1. The molecule has 0 aromatic heterocycles. The zero-order chi connectivity index (χ0) is 24.2. The summed E-state index contributed by atoms with van der Waals surface area (Å²) in [5, 5.41) is 9.29. The van der Waals surface area contributed by atoms with Crippen LogP contribution in [0.2, 0.25) is 0 Å². The van der Waals surface area contributed by atoms with E-state index in [1.165, 1.54) is 0 Å². The lowest BCUT2D eigenvalue weighted by Gasteiger charge is -2.22. The van der Waals surface area contributed by atoms with Crippen LogP contribution in [0.1, 0.15) is 35.1 Å². The Balaban J connectivity index is 1.95. The molecule has 0 saturated heterocycles.